The minimum atomic E-state index is -1.08. The van der Waals surface area contributed by atoms with Crippen molar-refractivity contribution in [2.24, 2.45) is 0 Å². The van der Waals surface area contributed by atoms with E-state index in [-0.39, 0.29) is 0 Å². The first-order chi connectivity index (χ1) is 10.6. The number of benzene rings is 2. The Balaban J connectivity index is 1.85. The van der Waals surface area contributed by atoms with Crippen molar-refractivity contribution in [3.8, 4) is 0 Å². The van der Waals surface area contributed by atoms with Crippen LogP contribution in [-0.4, -0.2) is 17.6 Å². The van der Waals surface area contributed by atoms with Gasteiger partial charge in [0, 0.05) is 11.4 Å². The third kappa shape index (κ3) is 2.48. The number of aryl methyl sites for hydroxylation is 1. The molecule has 5 heteroatoms. The van der Waals surface area contributed by atoms with Crippen LogP contribution in [0, 0.1) is 6.92 Å². The van der Waals surface area contributed by atoms with Gasteiger partial charge in [0.15, 0.2) is 0 Å². The molecule has 1 aliphatic rings. The molecule has 110 valence electrons. The van der Waals surface area contributed by atoms with Gasteiger partial charge in [0.2, 0.25) is 11.7 Å². The number of fused-ring (bicyclic) bond motifs is 1. The van der Waals surface area contributed by atoms with Gasteiger partial charge in [-0.05, 0) is 30.7 Å². The van der Waals surface area contributed by atoms with E-state index in [4.69, 9.17) is 0 Å². The number of ketones is 1. The maximum atomic E-state index is 12.4. The van der Waals surface area contributed by atoms with Crippen molar-refractivity contribution < 1.29 is 14.4 Å². The summed E-state index contributed by atoms with van der Waals surface area (Å²) in [5, 5.41) is 5.15. The molecule has 0 saturated carbocycles. The molecule has 2 amide bonds. The molecule has 0 aromatic heterocycles. The lowest BCUT2D eigenvalue weighted by Gasteiger charge is -2.09. The predicted molar refractivity (Wildman–Crippen MR) is 82.6 cm³/mol. The summed E-state index contributed by atoms with van der Waals surface area (Å²) in [6.45, 7) is 1.87. The van der Waals surface area contributed by atoms with Gasteiger partial charge in [0.1, 0.15) is 5.92 Å². The van der Waals surface area contributed by atoms with Crippen LogP contribution >= 0.6 is 0 Å². The molecule has 1 heterocycles. The molecule has 1 atom stereocenters. The summed E-state index contributed by atoms with van der Waals surface area (Å²) in [6, 6.07) is 14.0. The van der Waals surface area contributed by atoms with Crippen LogP contribution in [0.1, 0.15) is 17.0 Å². The number of carbonyl (C=O) groups is 3. The third-order valence-electron chi connectivity index (χ3n) is 3.56. The second-order valence-corrected chi connectivity index (χ2v) is 5.20. The van der Waals surface area contributed by atoms with Gasteiger partial charge in [-0.1, -0.05) is 35.9 Å². The van der Waals surface area contributed by atoms with Gasteiger partial charge in [-0.2, -0.15) is 0 Å². The highest BCUT2D eigenvalue weighted by Crippen LogP contribution is 2.33. The minimum absolute atomic E-state index is 0.464. The second kappa shape index (κ2) is 5.44. The zero-order valence-electron chi connectivity index (χ0n) is 11.9. The van der Waals surface area contributed by atoms with Crippen molar-refractivity contribution in [2.75, 3.05) is 10.6 Å². The Morgan fingerprint density at radius 3 is 2.55 bits per heavy atom. The van der Waals surface area contributed by atoms with E-state index in [0.717, 1.165) is 5.56 Å². The Bertz CT molecular complexity index is 769. The smallest absolute Gasteiger partial charge is 0.292 e. The number of rotatable bonds is 3. The quantitative estimate of drug-likeness (QED) is 0.673. The number of anilines is 2. The first-order valence-electron chi connectivity index (χ1n) is 6.88. The van der Waals surface area contributed by atoms with Gasteiger partial charge in [0.05, 0.1) is 0 Å². The molecule has 2 N–H and O–H groups in total. The number of amides is 2. The lowest BCUT2D eigenvalue weighted by Crippen LogP contribution is -2.31. The van der Waals surface area contributed by atoms with E-state index in [1.807, 2.05) is 13.0 Å². The first-order valence-corrected chi connectivity index (χ1v) is 6.88. The van der Waals surface area contributed by atoms with Crippen LogP contribution in [0.4, 0.5) is 11.4 Å². The highest BCUT2D eigenvalue weighted by Gasteiger charge is 2.39. The van der Waals surface area contributed by atoms with E-state index in [9.17, 15) is 14.4 Å². The molecular weight excluding hydrogens is 280 g/mol. The van der Waals surface area contributed by atoms with Crippen LogP contribution in [0.2, 0.25) is 0 Å². The lowest BCUT2D eigenvalue weighted by atomic mass is 9.94. The summed E-state index contributed by atoms with van der Waals surface area (Å²) in [7, 11) is 0. The Labute approximate surface area is 127 Å². The highest BCUT2D eigenvalue weighted by molar-refractivity contribution is 6.47. The van der Waals surface area contributed by atoms with Crippen LogP contribution in [0.3, 0.4) is 0 Å². The summed E-state index contributed by atoms with van der Waals surface area (Å²) < 4.78 is 0. The zero-order chi connectivity index (χ0) is 15.7. The van der Waals surface area contributed by atoms with E-state index in [1.54, 1.807) is 42.5 Å². The average molecular weight is 294 g/mol. The summed E-state index contributed by atoms with van der Waals surface area (Å²) in [5.41, 5.74) is 2.58. The Hall–Kier alpha value is -2.95. The Kier molecular flexibility index (Phi) is 3.47. The number of hydrogen-bond donors (Lipinski definition) is 2. The summed E-state index contributed by atoms with van der Waals surface area (Å²) in [4.78, 5) is 36.5. The molecule has 0 bridgehead atoms. The zero-order valence-corrected chi connectivity index (χ0v) is 11.9. The van der Waals surface area contributed by atoms with Crippen molar-refractivity contribution in [2.45, 2.75) is 12.8 Å². The van der Waals surface area contributed by atoms with Gasteiger partial charge in [-0.15, -0.1) is 0 Å². The standard InChI is InChI=1S/C17H14N2O3/c1-10-7-8-13-12(9-10)14(16(21)19-13)15(20)17(22)18-11-5-3-2-4-6-11/h2-9,14H,1H3,(H,18,22)(H,19,21). The maximum absolute atomic E-state index is 12.4. The molecule has 2 aromatic carbocycles. The van der Waals surface area contributed by atoms with Crippen LogP contribution in [-0.2, 0) is 14.4 Å². The van der Waals surface area contributed by atoms with E-state index in [1.165, 1.54) is 0 Å². The van der Waals surface area contributed by atoms with E-state index < -0.39 is 23.5 Å². The van der Waals surface area contributed by atoms with Gasteiger partial charge >= 0.3 is 0 Å². The topological polar surface area (TPSA) is 75.3 Å². The minimum Gasteiger partial charge on any atom is -0.325 e. The predicted octanol–water partition coefficient (Wildman–Crippen LogP) is 2.24. The van der Waals surface area contributed by atoms with Crippen molar-refractivity contribution in [1.82, 2.24) is 0 Å². The average Bonchev–Trinajstić information content (AvgIpc) is 2.82. The van der Waals surface area contributed by atoms with Crippen LogP contribution in [0.25, 0.3) is 0 Å². The molecule has 0 radical (unpaired) electrons. The SMILES string of the molecule is Cc1ccc2c(c1)C(C(=O)C(=O)Nc1ccccc1)C(=O)N2. The normalized spacial score (nSPS) is 15.9. The van der Waals surface area contributed by atoms with Crippen LogP contribution in [0.5, 0.6) is 0 Å². The van der Waals surface area contributed by atoms with Crippen molar-refractivity contribution >= 4 is 29.0 Å². The summed E-state index contributed by atoms with van der Waals surface area (Å²) in [6.07, 6.45) is 0. The number of nitrogens with one attached hydrogen (secondary N) is 2. The molecule has 0 saturated heterocycles. The molecule has 0 aliphatic carbocycles. The van der Waals surface area contributed by atoms with Crippen LogP contribution < -0.4 is 10.6 Å². The second-order valence-electron chi connectivity index (χ2n) is 5.20. The summed E-state index contributed by atoms with van der Waals surface area (Å²) >= 11 is 0. The van der Waals surface area contributed by atoms with E-state index in [0.29, 0.717) is 16.9 Å². The van der Waals surface area contributed by atoms with Crippen molar-refractivity contribution in [1.29, 1.82) is 0 Å². The fourth-order valence-electron chi connectivity index (χ4n) is 2.49. The van der Waals surface area contributed by atoms with E-state index in [2.05, 4.69) is 10.6 Å². The first kappa shape index (κ1) is 14.0. The Morgan fingerprint density at radius 2 is 1.82 bits per heavy atom. The van der Waals surface area contributed by atoms with Gasteiger partial charge in [0.25, 0.3) is 5.91 Å². The molecular formula is C17H14N2O3. The number of Topliss-reactive ketones (excluding diaryl/α,β-unsaturated/α-hetero) is 1. The number of para-hydroxylation sites is 1. The Morgan fingerprint density at radius 1 is 1.09 bits per heavy atom. The third-order valence-corrected chi connectivity index (χ3v) is 3.56. The molecule has 1 unspecified atom stereocenters. The number of carbonyl (C=O) groups excluding carboxylic acids is 3. The summed E-state index contributed by atoms with van der Waals surface area (Å²) in [5.74, 6) is -3.10. The highest BCUT2D eigenvalue weighted by atomic mass is 16.2. The fourth-order valence-corrected chi connectivity index (χ4v) is 2.49. The number of hydrogen-bond acceptors (Lipinski definition) is 3. The molecule has 2 aromatic rings. The molecule has 1 aliphatic heterocycles. The fraction of sp³-hybridized carbons (Fsp3) is 0.118. The molecule has 3 rings (SSSR count). The lowest BCUT2D eigenvalue weighted by molar-refractivity contribution is -0.138. The molecule has 0 fully saturated rings. The van der Waals surface area contributed by atoms with Gasteiger partial charge in [-0.3, -0.25) is 14.4 Å². The van der Waals surface area contributed by atoms with Gasteiger partial charge in [-0.25, -0.2) is 0 Å². The van der Waals surface area contributed by atoms with Crippen LogP contribution in [0.15, 0.2) is 48.5 Å². The van der Waals surface area contributed by atoms with Gasteiger partial charge < -0.3 is 10.6 Å². The van der Waals surface area contributed by atoms with Crippen molar-refractivity contribution in [3.63, 3.8) is 0 Å². The molecule has 0 spiro atoms. The van der Waals surface area contributed by atoms with Crippen molar-refractivity contribution in [3.05, 3.63) is 59.7 Å². The molecule has 5 nitrogen and oxygen atoms in total. The maximum Gasteiger partial charge on any atom is 0.292 e. The largest absolute Gasteiger partial charge is 0.325 e. The van der Waals surface area contributed by atoms with E-state index >= 15 is 0 Å². The molecule has 22 heavy (non-hydrogen) atoms. The monoisotopic (exact) mass is 294 g/mol.